The molecule has 1 N–H and O–H groups in total. The molecule has 4 nitrogen and oxygen atoms in total. The van der Waals surface area contributed by atoms with Crippen molar-refractivity contribution >= 4 is 28.6 Å². The number of hydrogen-bond acceptors (Lipinski definition) is 5. The van der Waals surface area contributed by atoms with Crippen molar-refractivity contribution in [3.05, 3.63) is 35.4 Å². The zero-order valence-electron chi connectivity index (χ0n) is 12.9. The van der Waals surface area contributed by atoms with E-state index < -0.39 is 5.60 Å². The SMILES string of the molecule is CC(=O)SCC(=N)Cc1cccc(C(=O)OC(C)(C)C)c1. The molecule has 0 saturated heterocycles. The summed E-state index contributed by atoms with van der Waals surface area (Å²) in [5.74, 6) is 0.0143. The fourth-order valence-electron chi connectivity index (χ4n) is 1.63. The van der Waals surface area contributed by atoms with Gasteiger partial charge in [-0.1, -0.05) is 23.9 Å². The van der Waals surface area contributed by atoms with Gasteiger partial charge in [-0.15, -0.1) is 0 Å². The molecule has 0 spiro atoms. The Morgan fingerprint density at radius 2 is 1.95 bits per heavy atom. The molecule has 0 fully saturated rings. The predicted molar refractivity (Wildman–Crippen MR) is 86.2 cm³/mol. The quantitative estimate of drug-likeness (QED) is 0.668. The Balaban J connectivity index is 2.70. The van der Waals surface area contributed by atoms with Crippen LogP contribution in [0.25, 0.3) is 0 Å². The number of benzene rings is 1. The van der Waals surface area contributed by atoms with Crippen LogP contribution in [0.3, 0.4) is 0 Å². The van der Waals surface area contributed by atoms with E-state index in [1.807, 2.05) is 26.8 Å². The maximum absolute atomic E-state index is 12.0. The molecule has 0 atom stereocenters. The smallest absolute Gasteiger partial charge is 0.338 e. The molecule has 0 heterocycles. The molecule has 0 aliphatic carbocycles. The molecule has 1 aromatic carbocycles. The molecule has 1 rings (SSSR count). The number of esters is 1. The average Bonchev–Trinajstić information content (AvgIpc) is 2.34. The summed E-state index contributed by atoms with van der Waals surface area (Å²) < 4.78 is 5.32. The molecule has 0 aromatic heterocycles. The fourth-order valence-corrected chi connectivity index (χ4v) is 2.11. The Morgan fingerprint density at radius 1 is 1.29 bits per heavy atom. The summed E-state index contributed by atoms with van der Waals surface area (Å²) in [6.07, 6.45) is 0.427. The maximum atomic E-state index is 12.0. The molecule has 5 heteroatoms. The summed E-state index contributed by atoms with van der Waals surface area (Å²) in [6, 6.07) is 7.08. The minimum absolute atomic E-state index is 0.00209. The fraction of sp³-hybridized carbons (Fsp3) is 0.438. The zero-order valence-corrected chi connectivity index (χ0v) is 13.7. The second kappa shape index (κ2) is 7.41. The van der Waals surface area contributed by atoms with Gasteiger partial charge in [-0.25, -0.2) is 4.79 Å². The number of thioether (sulfide) groups is 1. The van der Waals surface area contributed by atoms with Gasteiger partial charge in [0.25, 0.3) is 0 Å². The van der Waals surface area contributed by atoms with Gasteiger partial charge in [0, 0.05) is 24.8 Å². The van der Waals surface area contributed by atoms with Crippen LogP contribution in [0.1, 0.15) is 43.6 Å². The van der Waals surface area contributed by atoms with E-state index in [4.69, 9.17) is 10.1 Å². The van der Waals surface area contributed by atoms with Crippen LogP contribution in [-0.2, 0) is 16.0 Å². The van der Waals surface area contributed by atoms with Gasteiger partial charge in [-0.2, -0.15) is 0 Å². The molecule has 21 heavy (non-hydrogen) atoms. The molecule has 0 aliphatic heterocycles. The minimum atomic E-state index is -0.530. The number of rotatable bonds is 5. The Bertz CT molecular complexity index is 547. The first-order chi connectivity index (χ1) is 9.67. The van der Waals surface area contributed by atoms with E-state index in [2.05, 4.69) is 0 Å². The minimum Gasteiger partial charge on any atom is -0.456 e. The van der Waals surface area contributed by atoms with Gasteiger partial charge in [-0.05, 0) is 38.5 Å². The van der Waals surface area contributed by atoms with Gasteiger partial charge in [0.2, 0.25) is 0 Å². The van der Waals surface area contributed by atoms with Crippen molar-refractivity contribution in [1.29, 1.82) is 5.41 Å². The Labute approximate surface area is 129 Å². The molecule has 114 valence electrons. The van der Waals surface area contributed by atoms with Crippen molar-refractivity contribution in [2.45, 2.75) is 39.7 Å². The van der Waals surface area contributed by atoms with Crippen LogP contribution in [0.5, 0.6) is 0 Å². The van der Waals surface area contributed by atoms with E-state index in [-0.39, 0.29) is 11.1 Å². The summed E-state index contributed by atoms with van der Waals surface area (Å²) in [5, 5.41) is 7.85. The van der Waals surface area contributed by atoms with Crippen molar-refractivity contribution < 1.29 is 14.3 Å². The van der Waals surface area contributed by atoms with E-state index in [1.54, 1.807) is 18.2 Å². The van der Waals surface area contributed by atoms with Crippen molar-refractivity contribution in [3.63, 3.8) is 0 Å². The van der Waals surface area contributed by atoms with Gasteiger partial charge in [0.1, 0.15) is 5.60 Å². The molecule has 0 amide bonds. The van der Waals surface area contributed by atoms with Gasteiger partial charge in [0.15, 0.2) is 5.12 Å². The van der Waals surface area contributed by atoms with Crippen LogP contribution in [0.2, 0.25) is 0 Å². The van der Waals surface area contributed by atoms with Gasteiger partial charge in [-0.3, -0.25) is 4.79 Å². The lowest BCUT2D eigenvalue weighted by atomic mass is 10.1. The lowest BCUT2D eigenvalue weighted by Crippen LogP contribution is -2.24. The van der Waals surface area contributed by atoms with E-state index in [0.717, 1.165) is 17.3 Å². The van der Waals surface area contributed by atoms with Crippen molar-refractivity contribution in [1.82, 2.24) is 0 Å². The zero-order chi connectivity index (χ0) is 16.0. The Hall–Kier alpha value is -1.62. The predicted octanol–water partition coefficient (Wildman–Crippen LogP) is 3.48. The molecular formula is C16H21NO3S. The highest BCUT2D eigenvalue weighted by Crippen LogP contribution is 2.14. The van der Waals surface area contributed by atoms with Crippen molar-refractivity contribution in [2.75, 3.05) is 5.75 Å². The standard InChI is InChI=1S/C16H21NO3S/c1-11(18)21-10-14(17)9-12-6-5-7-13(8-12)15(19)20-16(2,3)4/h5-8,17H,9-10H2,1-4H3. The Kier molecular flexibility index (Phi) is 6.15. The third-order valence-electron chi connectivity index (χ3n) is 2.43. The number of nitrogens with one attached hydrogen (secondary N) is 1. The van der Waals surface area contributed by atoms with Crippen molar-refractivity contribution in [2.24, 2.45) is 0 Å². The first-order valence-electron chi connectivity index (χ1n) is 6.69. The second-order valence-electron chi connectivity index (χ2n) is 5.76. The van der Waals surface area contributed by atoms with E-state index >= 15 is 0 Å². The monoisotopic (exact) mass is 307 g/mol. The topological polar surface area (TPSA) is 67.2 Å². The van der Waals surface area contributed by atoms with E-state index in [0.29, 0.717) is 23.4 Å². The summed E-state index contributed by atoms with van der Waals surface area (Å²) in [5.41, 5.74) is 1.27. The third kappa shape index (κ3) is 7.09. The van der Waals surface area contributed by atoms with Crippen LogP contribution in [0.4, 0.5) is 0 Å². The highest BCUT2D eigenvalue weighted by molar-refractivity contribution is 8.14. The van der Waals surface area contributed by atoms with Crippen LogP contribution in [-0.4, -0.2) is 28.2 Å². The number of hydrogen-bond donors (Lipinski definition) is 1. The molecular weight excluding hydrogens is 286 g/mol. The second-order valence-corrected chi connectivity index (χ2v) is 6.92. The van der Waals surface area contributed by atoms with Crippen LogP contribution >= 0.6 is 11.8 Å². The average molecular weight is 307 g/mol. The van der Waals surface area contributed by atoms with Crippen LogP contribution in [0.15, 0.2) is 24.3 Å². The van der Waals surface area contributed by atoms with Gasteiger partial charge < -0.3 is 10.1 Å². The summed E-state index contributed by atoms with van der Waals surface area (Å²) >= 11 is 1.12. The molecule has 0 unspecified atom stereocenters. The van der Waals surface area contributed by atoms with E-state index in [1.165, 1.54) is 6.92 Å². The first kappa shape index (κ1) is 17.4. The molecule has 0 bridgehead atoms. The lowest BCUT2D eigenvalue weighted by molar-refractivity contribution is -0.109. The Morgan fingerprint density at radius 3 is 2.52 bits per heavy atom. The van der Waals surface area contributed by atoms with Gasteiger partial charge in [0.05, 0.1) is 5.56 Å². The van der Waals surface area contributed by atoms with Crippen molar-refractivity contribution in [3.8, 4) is 0 Å². The molecule has 0 radical (unpaired) electrons. The largest absolute Gasteiger partial charge is 0.456 e. The normalized spacial score (nSPS) is 11.0. The summed E-state index contributed by atoms with van der Waals surface area (Å²) in [7, 11) is 0. The highest BCUT2D eigenvalue weighted by Gasteiger charge is 2.18. The van der Waals surface area contributed by atoms with Crippen LogP contribution < -0.4 is 0 Å². The van der Waals surface area contributed by atoms with Gasteiger partial charge >= 0.3 is 5.97 Å². The molecule has 0 saturated carbocycles. The number of carbonyl (C=O) groups excluding carboxylic acids is 2. The summed E-state index contributed by atoms with van der Waals surface area (Å²) in [6.45, 7) is 6.96. The maximum Gasteiger partial charge on any atom is 0.338 e. The molecule has 0 aliphatic rings. The lowest BCUT2D eigenvalue weighted by Gasteiger charge is -2.19. The molecule has 1 aromatic rings. The number of carbonyl (C=O) groups is 2. The number of ether oxygens (including phenoxy) is 1. The summed E-state index contributed by atoms with van der Waals surface area (Å²) in [4.78, 5) is 22.9. The third-order valence-corrected chi connectivity index (χ3v) is 3.33. The first-order valence-corrected chi connectivity index (χ1v) is 7.68. The van der Waals surface area contributed by atoms with E-state index in [9.17, 15) is 9.59 Å². The highest BCUT2D eigenvalue weighted by atomic mass is 32.2. The van der Waals surface area contributed by atoms with Crippen LogP contribution in [0, 0.1) is 5.41 Å².